The van der Waals surface area contributed by atoms with Gasteiger partial charge in [-0.3, -0.25) is 0 Å². The highest BCUT2D eigenvalue weighted by Crippen LogP contribution is 2.29. The molecule has 1 atom stereocenters. The van der Waals surface area contributed by atoms with Crippen molar-refractivity contribution in [2.75, 3.05) is 6.54 Å². The van der Waals surface area contributed by atoms with Crippen LogP contribution in [0.1, 0.15) is 37.7 Å². The maximum Gasteiger partial charge on any atom is 0.106 e. The second-order valence-corrected chi connectivity index (χ2v) is 6.15. The van der Waals surface area contributed by atoms with Gasteiger partial charge in [0.25, 0.3) is 0 Å². The van der Waals surface area contributed by atoms with Crippen LogP contribution >= 0.6 is 0 Å². The second kappa shape index (κ2) is 4.94. The van der Waals surface area contributed by atoms with Gasteiger partial charge in [0.15, 0.2) is 0 Å². The van der Waals surface area contributed by atoms with E-state index in [1.807, 2.05) is 14.0 Å². The van der Waals surface area contributed by atoms with Gasteiger partial charge in [-0.1, -0.05) is 19.9 Å². The average Bonchev–Trinajstić information content (AvgIpc) is 2.64. The third-order valence-corrected chi connectivity index (χ3v) is 3.88. The van der Waals surface area contributed by atoms with E-state index in [9.17, 15) is 0 Å². The highest BCUT2D eigenvalue weighted by molar-refractivity contribution is 5.76. The van der Waals surface area contributed by atoms with Gasteiger partial charge in [-0.25, -0.2) is 4.98 Å². The number of fused-ring (bicyclic) bond motifs is 1. The zero-order valence-corrected chi connectivity index (χ0v) is 12.3. The van der Waals surface area contributed by atoms with Crippen LogP contribution in [-0.2, 0) is 7.05 Å². The van der Waals surface area contributed by atoms with Crippen LogP contribution in [0.25, 0.3) is 11.0 Å². The minimum Gasteiger partial charge on any atom is -0.331 e. The molecular formula is C15H24N4. The summed E-state index contributed by atoms with van der Waals surface area (Å²) in [6.07, 6.45) is 0.876. The van der Waals surface area contributed by atoms with Crippen molar-refractivity contribution in [1.82, 2.24) is 9.55 Å². The summed E-state index contributed by atoms with van der Waals surface area (Å²) < 4.78 is 2.09. The van der Waals surface area contributed by atoms with E-state index in [-0.39, 0.29) is 11.5 Å². The quantitative estimate of drug-likeness (QED) is 0.886. The van der Waals surface area contributed by atoms with E-state index >= 15 is 0 Å². The van der Waals surface area contributed by atoms with Gasteiger partial charge in [0.1, 0.15) is 5.82 Å². The summed E-state index contributed by atoms with van der Waals surface area (Å²) in [5.74, 6) is 1.02. The van der Waals surface area contributed by atoms with Gasteiger partial charge in [0.05, 0.1) is 11.0 Å². The Balaban J connectivity index is 2.31. The van der Waals surface area contributed by atoms with Crippen molar-refractivity contribution in [2.24, 2.45) is 23.9 Å². The Labute approximate surface area is 114 Å². The molecule has 4 nitrogen and oxygen atoms in total. The lowest BCUT2D eigenvalue weighted by atomic mass is 9.84. The zero-order valence-electron chi connectivity index (χ0n) is 12.3. The van der Waals surface area contributed by atoms with E-state index < -0.39 is 0 Å². The van der Waals surface area contributed by atoms with Gasteiger partial charge < -0.3 is 16.0 Å². The summed E-state index contributed by atoms with van der Waals surface area (Å²) in [4.78, 5) is 4.56. The summed E-state index contributed by atoms with van der Waals surface area (Å²) in [7, 11) is 2.03. The molecule has 4 heteroatoms. The number of aryl methyl sites for hydroxylation is 2. The lowest BCUT2D eigenvalue weighted by Crippen LogP contribution is -2.28. The largest absolute Gasteiger partial charge is 0.331 e. The number of aromatic nitrogens is 2. The second-order valence-electron chi connectivity index (χ2n) is 6.15. The van der Waals surface area contributed by atoms with Crippen LogP contribution in [-0.4, -0.2) is 16.1 Å². The molecule has 2 aromatic rings. The number of nitrogens with zero attached hydrogens (tertiary/aromatic N) is 2. The highest BCUT2D eigenvalue weighted by atomic mass is 15.0. The van der Waals surface area contributed by atoms with Gasteiger partial charge in [-0.05, 0) is 43.0 Å². The number of benzene rings is 1. The van der Waals surface area contributed by atoms with E-state index in [0.717, 1.165) is 28.8 Å². The summed E-state index contributed by atoms with van der Waals surface area (Å²) >= 11 is 0. The topological polar surface area (TPSA) is 69.9 Å². The molecule has 0 saturated carbocycles. The normalized spacial score (nSPS) is 14.0. The fourth-order valence-electron chi connectivity index (χ4n) is 2.36. The van der Waals surface area contributed by atoms with Crippen LogP contribution < -0.4 is 11.5 Å². The molecule has 0 aliphatic heterocycles. The van der Waals surface area contributed by atoms with E-state index in [1.165, 1.54) is 0 Å². The van der Waals surface area contributed by atoms with Crippen molar-refractivity contribution in [3.05, 3.63) is 29.6 Å². The molecule has 0 saturated heterocycles. The van der Waals surface area contributed by atoms with Crippen LogP contribution in [0, 0.1) is 12.3 Å². The molecule has 0 aliphatic rings. The van der Waals surface area contributed by atoms with Gasteiger partial charge in [-0.15, -0.1) is 0 Å². The molecule has 104 valence electrons. The first-order valence-electron chi connectivity index (χ1n) is 6.73. The zero-order chi connectivity index (χ0) is 14.2. The summed E-state index contributed by atoms with van der Waals surface area (Å²) in [5.41, 5.74) is 15.4. The van der Waals surface area contributed by atoms with Crippen molar-refractivity contribution >= 4 is 11.0 Å². The monoisotopic (exact) mass is 260 g/mol. The number of hydrogen-bond acceptors (Lipinski definition) is 3. The summed E-state index contributed by atoms with van der Waals surface area (Å²) in [6, 6.07) is 6.30. The summed E-state index contributed by atoms with van der Waals surface area (Å²) in [5, 5.41) is 0. The Morgan fingerprint density at radius 1 is 1.37 bits per heavy atom. The first-order valence-corrected chi connectivity index (χ1v) is 6.73. The Hall–Kier alpha value is -1.39. The summed E-state index contributed by atoms with van der Waals surface area (Å²) in [6.45, 7) is 6.95. The van der Waals surface area contributed by atoms with Crippen LogP contribution in [0.4, 0.5) is 0 Å². The van der Waals surface area contributed by atoms with Crippen molar-refractivity contribution in [3.8, 4) is 0 Å². The lowest BCUT2D eigenvalue weighted by molar-refractivity contribution is 0.317. The lowest BCUT2D eigenvalue weighted by Gasteiger charge is -2.26. The molecule has 0 radical (unpaired) electrons. The first-order chi connectivity index (χ1) is 8.84. The molecule has 0 spiro atoms. The molecule has 1 aromatic carbocycles. The fraction of sp³-hybridized carbons (Fsp3) is 0.533. The number of nitrogens with two attached hydrogens (primary N) is 2. The highest BCUT2D eigenvalue weighted by Gasteiger charge is 2.21. The van der Waals surface area contributed by atoms with Crippen molar-refractivity contribution < 1.29 is 0 Å². The molecule has 0 bridgehead atoms. The first kappa shape index (κ1) is 14.0. The minimum atomic E-state index is 0.00487. The van der Waals surface area contributed by atoms with E-state index in [0.29, 0.717) is 6.54 Å². The Morgan fingerprint density at radius 3 is 2.68 bits per heavy atom. The van der Waals surface area contributed by atoms with Gasteiger partial charge in [-0.2, -0.15) is 0 Å². The molecule has 1 unspecified atom stereocenters. The predicted octanol–water partition coefficient (Wildman–Crippen LogP) is 2.26. The number of hydrogen-bond donors (Lipinski definition) is 2. The molecule has 4 N–H and O–H groups in total. The standard InChI is InChI=1S/C15H24N4/c1-10-18-13-7-11(5-6-14(13)19(10)4)12(17)8-15(2,3)9-16/h5-7,12H,8-9,16-17H2,1-4H3. The molecule has 1 aromatic heterocycles. The molecule has 0 amide bonds. The predicted molar refractivity (Wildman–Crippen MR) is 79.8 cm³/mol. The Bertz CT molecular complexity index is 583. The van der Waals surface area contributed by atoms with Crippen LogP contribution in [0.3, 0.4) is 0 Å². The van der Waals surface area contributed by atoms with Crippen molar-refractivity contribution in [2.45, 2.75) is 33.2 Å². The van der Waals surface area contributed by atoms with Gasteiger partial charge in [0.2, 0.25) is 0 Å². The number of rotatable bonds is 4. The van der Waals surface area contributed by atoms with Crippen LogP contribution in [0.15, 0.2) is 18.2 Å². The molecule has 19 heavy (non-hydrogen) atoms. The number of imidazole rings is 1. The fourth-order valence-corrected chi connectivity index (χ4v) is 2.36. The van der Waals surface area contributed by atoms with E-state index in [4.69, 9.17) is 11.5 Å². The SMILES string of the molecule is Cc1nc2cc(C(N)CC(C)(C)CN)ccc2n1C. The molecule has 1 heterocycles. The Kier molecular flexibility index (Phi) is 3.65. The molecule has 0 aliphatic carbocycles. The Morgan fingerprint density at radius 2 is 2.05 bits per heavy atom. The maximum atomic E-state index is 6.30. The smallest absolute Gasteiger partial charge is 0.106 e. The third kappa shape index (κ3) is 2.80. The van der Waals surface area contributed by atoms with E-state index in [1.54, 1.807) is 0 Å². The average molecular weight is 260 g/mol. The van der Waals surface area contributed by atoms with Crippen LogP contribution in [0.2, 0.25) is 0 Å². The van der Waals surface area contributed by atoms with Crippen LogP contribution in [0.5, 0.6) is 0 Å². The van der Waals surface area contributed by atoms with Crippen molar-refractivity contribution in [1.29, 1.82) is 0 Å². The maximum absolute atomic E-state index is 6.30. The van der Waals surface area contributed by atoms with E-state index in [2.05, 4.69) is 41.6 Å². The molecule has 0 fully saturated rings. The van der Waals surface area contributed by atoms with Crippen molar-refractivity contribution in [3.63, 3.8) is 0 Å². The van der Waals surface area contributed by atoms with Gasteiger partial charge >= 0.3 is 0 Å². The third-order valence-electron chi connectivity index (χ3n) is 3.88. The molecular weight excluding hydrogens is 236 g/mol. The minimum absolute atomic E-state index is 0.00487. The van der Waals surface area contributed by atoms with Gasteiger partial charge in [0, 0.05) is 13.1 Å². The molecule has 2 rings (SSSR count).